The minimum absolute atomic E-state index is 0.319. The number of aliphatic carboxylic acids is 1. The molecule has 23 nitrogen and oxygen atoms in total. The Morgan fingerprint density at radius 2 is 0.548 bits per heavy atom. The summed E-state index contributed by atoms with van der Waals surface area (Å²) in [5.41, 5.74) is 0. The van der Waals surface area contributed by atoms with Gasteiger partial charge in [-0.3, -0.25) is 4.79 Å². The molecule has 0 aromatic heterocycles. The fraction of sp³-hybridized carbons (Fsp3) is 0.821. The van der Waals surface area contributed by atoms with Crippen LogP contribution in [0.3, 0.4) is 0 Å². The fourth-order valence-corrected chi connectivity index (χ4v) is 2.30. The molecule has 0 amide bonds. The Labute approximate surface area is 365 Å². The van der Waals surface area contributed by atoms with E-state index in [2.05, 4.69) is 43.4 Å². The van der Waals surface area contributed by atoms with Gasteiger partial charge in [0.05, 0.1) is 92.5 Å². The summed E-state index contributed by atoms with van der Waals surface area (Å²) in [4.78, 5) is 10.3. The number of hydrogen-bond acceptors (Lipinski definition) is 22. The molecular weight excluding hydrogens is 836 g/mol. The number of hydrogen-bond donors (Lipinski definition) is 22. The van der Waals surface area contributed by atoms with E-state index in [1.165, 1.54) is 12.8 Å². The van der Waals surface area contributed by atoms with Gasteiger partial charge in [0.25, 0.3) is 0 Å². The summed E-state index contributed by atoms with van der Waals surface area (Å²) < 4.78 is 0. The molecule has 0 heterocycles. The second-order valence-electron chi connectivity index (χ2n) is 12.1. The van der Waals surface area contributed by atoms with Gasteiger partial charge in [-0.25, -0.2) is 0 Å². The molecule has 23 heteroatoms. The van der Waals surface area contributed by atoms with Crippen molar-refractivity contribution in [3.63, 3.8) is 0 Å². The van der Waals surface area contributed by atoms with Crippen molar-refractivity contribution < 1.29 is 117 Å². The van der Waals surface area contributed by atoms with E-state index in [1.807, 2.05) is 0 Å². The summed E-state index contributed by atoms with van der Waals surface area (Å²) in [6, 6.07) is 0. The molecule has 0 saturated heterocycles. The highest BCUT2D eigenvalue weighted by Crippen LogP contribution is 2.07. The number of aliphatic hydroxyl groups excluding tert-OH is 21. The van der Waals surface area contributed by atoms with Crippen molar-refractivity contribution in [3.8, 4) is 0 Å². The Morgan fingerprint density at radius 3 is 0.758 bits per heavy atom. The first-order valence-corrected chi connectivity index (χ1v) is 19.9. The quantitative estimate of drug-likeness (QED) is 0.0269. The fourth-order valence-electron chi connectivity index (χ4n) is 2.30. The van der Waals surface area contributed by atoms with Gasteiger partial charge in [0.1, 0.15) is 42.7 Å². The number of allylic oxidation sites excluding steroid dienone is 6. The monoisotopic (exact) mass is 923 g/mol. The van der Waals surface area contributed by atoms with Crippen LogP contribution in [0.15, 0.2) is 36.5 Å². The molecule has 0 aromatic rings. The van der Waals surface area contributed by atoms with Crippen molar-refractivity contribution in [3.05, 3.63) is 36.5 Å². The third kappa shape index (κ3) is 102. The highest BCUT2D eigenvalue weighted by Gasteiger charge is 1.98. The van der Waals surface area contributed by atoms with Crippen molar-refractivity contribution in [2.45, 2.75) is 114 Å². The summed E-state index contributed by atoms with van der Waals surface area (Å²) in [6.07, 6.45) is 16.7. The number of carboxylic acid groups (broad SMARTS) is 1. The Hall–Kier alpha value is -2.15. The first-order chi connectivity index (χ1) is 29.4. The van der Waals surface area contributed by atoms with Gasteiger partial charge in [-0.15, -0.1) is 0 Å². The van der Waals surface area contributed by atoms with Crippen LogP contribution in [0.4, 0.5) is 0 Å². The molecule has 0 spiro atoms. The van der Waals surface area contributed by atoms with E-state index in [9.17, 15) is 4.79 Å². The lowest BCUT2D eigenvalue weighted by atomic mass is 10.1. The molecule has 0 saturated carbocycles. The molecule has 0 aromatic carbocycles. The van der Waals surface area contributed by atoms with Crippen LogP contribution < -0.4 is 0 Å². The second-order valence-corrected chi connectivity index (χ2v) is 12.1. The van der Waals surface area contributed by atoms with Crippen LogP contribution in [0.1, 0.15) is 71.1 Å². The zero-order valence-electron chi connectivity index (χ0n) is 36.2. The average Bonchev–Trinajstić information content (AvgIpc) is 3.31. The first-order valence-electron chi connectivity index (χ1n) is 19.9. The first kappa shape index (κ1) is 77.1. The predicted molar refractivity (Wildman–Crippen MR) is 228 cm³/mol. The Balaban J connectivity index is -0.0000000970. The molecule has 380 valence electrons. The van der Waals surface area contributed by atoms with Gasteiger partial charge < -0.3 is 112 Å². The summed E-state index contributed by atoms with van der Waals surface area (Å²) in [5, 5.41) is 177. The SMILES string of the molecule is CC/C=C\C/C=C\C/C=C\CCCCCCCC(=O)O.OCC(O)CO.OCC(O)CO.OCC(O)CO.OCC(O)CO.OCC(O)CO.OCC(O)CO.OCC(O)CO. The third-order valence-corrected chi connectivity index (χ3v) is 5.99. The van der Waals surface area contributed by atoms with Gasteiger partial charge >= 0.3 is 5.97 Å². The molecule has 0 radical (unpaired) electrons. The average molecular weight is 923 g/mol. The highest BCUT2D eigenvalue weighted by atomic mass is 16.4. The lowest BCUT2D eigenvalue weighted by molar-refractivity contribution is -0.137. The van der Waals surface area contributed by atoms with Crippen LogP contribution in [0.25, 0.3) is 0 Å². The molecule has 0 fully saturated rings. The zero-order chi connectivity index (χ0) is 49.8. The second kappa shape index (κ2) is 73.3. The van der Waals surface area contributed by atoms with Crippen LogP contribution >= 0.6 is 0 Å². The van der Waals surface area contributed by atoms with Gasteiger partial charge in [0.2, 0.25) is 0 Å². The van der Waals surface area contributed by atoms with Crippen LogP contribution in [-0.2, 0) is 4.79 Å². The maximum absolute atomic E-state index is 10.3. The molecule has 0 aliphatic heterocycles. The Morgan fingerprint density at radius 1 is 0.339 bits per heavy atom. The maximum Gasteiger partial charge on any atom is 0.303 e. The van der Waals surface area contributed by atoms with Gasteiger partial charge in [0.15, 0.2) is 0 Å². The van der Waals surface area contributed by atoms with Crippen molar-refractivity contribution in [2.24, 2.45) is 0 Å². The summed E-state index contributed by atoms with van der Waals surface area (Å²) in [6.45, 7) is -2.96. The van der Waals surface area contributed by atoms with Gasteiger partial charge in [0, 0.05) is 6.42 Å². The van der Waals surface area contributed by atoms with Crippen LogP contribution in [0, 0.1) is 0 Å². The largest absolute Gasteiger partial charge is 0.481 e. The maximum atomic E-state index is 10.3. The Kier molecular flexibility index (Phi) is 91.1. The van der Waals surface area contributed by atoms with E-state index in [-0.39, 0.29) is 92.5 Å². The van der Waals surface area contributed by atoms with E-state index in [4.69, 9.17) is 112 Å². The van der Waals surface area contributed by atoms with Gasteiger partial charge in [-0.2, -0.15) is 0 Å². The highest BCUT2D eigenvalue weighted by molar-refractivity contribution is 5.66. The molecule has 62 heavy (non-hydrogen) atoms. The number of rotatable bonds is 27. The molecular formula is C39H86O23. The standard InChI is InChI=1S/C18H30O2.7C3H8O3/c1-2-3-4-5-6-7-8-9-10-11-12-13-14-15-16-17-18(19)20;7*4-1-3(6)2-5/h3-4,6-7,9-10H,2,5,8,11-17H2,1H3,(H,19,20);7*3-6H,1-2H2/b4-3-,7-6-,10-9-;;;;;;;. The summed E-state index contributed by atoms with van der Waals surface area (Å²) in [7, 11) is 0. The van der Waals surface area contributed by atoms with E-state index in [1.54, 1.807) is 0 Å². The van der Waals surface area contributed by atoms with Gasteiger partial charge in [-0.05, 0) is 38.5 Å². The van der Waals surface area contributed by atoms with Crippen molar-refractivity contribution in [1.82, 2.24) is 0 Å². The van der Waals surface area contributed by atoms with Crippen LogP contribution in [0.2, 0.25) is 0 Å². The minimum atomic E-state index is -0.954. The lowest BCUT2D eigenvalue weighted by Crippen LogP contribution is -2.15. The summed E-state index contributed by atoms with van der Waals surface area (Å²) in [5.74, 6) is -0.675. The molecule has 0 unspecified atom stereocenters. The van der Waals surface area contributed by atoms with E-state index in [0.717, 1.165) is 44.9 Å². The topological polar surface area (TPSA) is 462 Å². The van der Waals surface area contributed by atoms with Crippen molar-refractivity contribution in [2.75, 3.05) is 92.5 Å². The van der Waals surface area contributed by atoms with Crippen molar-refractivity contribution >= 4 is 5.97 Å². The summed E-state index contributed by atoms with van der Waals surface area (Å²) >= 11 is 0. The zero-order valence-corrected chi connectivity index (χ0v) is 36.2. The Bertz CT molecular complexity index is 715. The predicted octanol–water partition coefficient (Wildman–Crippen LogP) is -6.02. The molecule has 0 aliphatic rings. The molecule has 0 aliphatic carbocycles. The smallest absolute Gasteiger partial charge is 0.303 e. The third-order valence-electron chi connectivity index (χ3n) is 5.99. The molecule has 0 bridgehead atoms. The number of carbonyl (C=O) groups is 1. The minimum Gasteiger partial charge on any atom is -0.481 e. The van der Waals surface area contributed by atoms with E-state index in [0.29, 0.717) is 6.42 Å². The lowest BCUT2D eigenvalue weighted by Gasteiger charge is -1.98. The number of unbranched alkanes of at least 4 members (excludes halogenated alkanes) is 5. The van der Waals surface area contributed by atoms with E-state index >= 15 is 0 Å². The van der Waals surface area contributed by atoms with Gasteiger partial charge in [-0.1, -0.05) is 62.6 Å². The molecule has 0 atom stereocenters. The van der Waals surface area contributed by atoms with Crippen molar-refractivity contribution in [1.29, 1.82) is 0 Å². The molecule has 0 rings (SSSR count). The normalized spacial score (nSPS) is 10.7. The molecule has 22 N–H and O–H groups in total. The van der Waals surface area contributed by atoms with Crippen LogP contribution in [0.5, 0.6) is 0 Å². The van der Waals surface area contributed by atoms with Crippen LogP contribution in [-0.4, -0.2) is 254 Å². The van der Waals surface area contributed by atoms with E-state index < -0.39 is 48.7 Å². The number of aliphatic hydroxyl groups is 21. The number of carboxylic acids is 1.